The number of alkyl halides is 3. The molecule has 0 spiro atoms. The zero-order valence-corrected chi connectivity index (χ0v) is 19.7. The minimum atomic E-state index is -5.16. The summed E-state index contributed by atoms with van der Waals surface area (Å²) < 4.78 is 107. The second kappa shape index (κ2) is 10.7. The Labute approximate surface area is 212 Å². The predicted octanol–water partition coefficient (Wildman–Crippen LogP) is 8.66. The first-order chi connectivity index (χ1) is 17.9. The van der Waals surface area contributed by atoms with Crippen LogP contribution < -0.4 is 0 Å². The van der Waals surface area contributed by atoms with Gasteiger partial charge in [-0.3, -0.25) is 0 Å². The van der Waals surface area contributed by atoms with Crippen molar-refractivity contribution in [1.29, 1.82) is 0 Å². The Morgan fingerprint density at radius 1 is 0.711 bits per heavy atom. The number of benzene rings is 3. The standard InChI is InChI=1S/C28H18F8N2/c1-15(29)26(33)19-7-4-17(5-8-19)21-13-37-27(38-14-21)20-9-6-18(22(30)12-20)3-2-16-10-23(31)25(24(32)11-16)28(34,35)36/h4-14H,2-3H2,1H3/b26-15+. The summed E-state index contributed by atoms with van der Waals surface area (Å²) in [7, 11) is 0. The molecule has 0 saturated heterocycles. The topological polar surface area (TPSA) is 25.8 Å². The van der Waals surface area contributed by atoms with E-state index >= 15 is 0 Å². The molecule has 0 radical (unpaired) electrons. The highest BCUT2D eigenvalue weighted by atomic mass is 19.4. The average Bonchev–Trinajstić information content (AvgIpc) is 2.86. The van der Waals surface area contributed by atoms with Crippen LogP contribution in [0.3, 0.4) is 0 Å². The van der Waals surface area contributed by atoms with Gasteiger partial charge in [0.2, 0.25) is 0 Å². The molecule has 1 aromatic heterocycles. The Morgan fingerprint density at radius 3 is 1.82 bits per heavy atom. The molecule has 10 heteroatoms. The third kappa shape index (κ3) is 5.90. The molecule has 3 aromatic carbocycles. The van der Waals surface area contributed by atoms with Gasteiger partial charge in [-0.05, 0) is 54.7 Å². The minimum Gasteiger partial charge on any atom is -0.236 e. The fourth-order valence-electron chi connectivity index (χ4n) is 3.84. The molecule has 0 unspecified atom stereocenters. The van der Waals surface area contributed by atoms with Gasteiger partial charge >= 0.3 is 6.18 Å². The fourth-order valence-corrected chi connectivity index (χ4v) is 3.84. The molecule has 0 bridgehead atoms. The van der Waals surface area contributed by atoms with Crippen molar-refractivity contribution in [3.05, 3.63) is 113 Å². The van der Waals surface area contributed by atoms with E-state index in [1.165, 1.54) is 36.7 Å². The lowest BCUT2D eigenvalue weighted by molar-refractivity contribution is -0.142. The zero-order chi connectivity index (χ0) is 27.6. The van der Waals surface area contributed by atoms with Crippen LogP contribution in [-0.4, -0.2) is 9.97 Å². The van der Waals surface area contributed by atoms with E-state index in [-0.39, 0.29) is 35.4 Å². The fraction of sp³-hybridized carbons (Fsp3) is 0.143. The molecule has 0 atom stereocenters. The van der Waals surface area contributed by atoms with E-state index in [0.717, 1.165) is 6.92 Å². The Hall–Kier alpha value is -4.08. The van der Waals surface area contributed by atoms with Crippen LogP contribution in [0.15, 0.2) is 72.8 Å². The highest BCUT2D eigenvalue weighted by Crippen LogP contribution is 2.34. The molecule has 0 aliphatic rings. The summed E-state index contributed by atoms with van der Waals surface area (Å²) >= 11 is 0. The smallest absolute Gasteiger partial charge is 0.236 e. The van der Waals surface area contributed by atoms with Gasteiger partial charge in [0, 0.05) is 29.1 Å². The third-order valence-electron chi connectivity index (χ3n) is 5.81. The van der Waals surface area contributed by atoms with E-state index in [0.29, 0.717) is 28.8 Å². The molecular formula is C28H18F8N2. The number of aryl methyl sites for hydroxylation is 2. The summed E-state index contributed by atoms with van der Waals surface area (Å²) in [6.45, 7) is 1.02. The van der Waals surface area contributed by atoms with Crippen LogP contribution in [0.2, 0.25) is 0 Å². The summed E-state index contributed by atoms with van der Waals surface area (Å²) in [5.41, 5.74) is -0.117. The maximum absolute atomic E-state index is 14.7. The molecule has 0 fully saturated rings. The largest absolute Gasteiger partial charge is 0.422 e. The van der Waals surface area contributed by atoms with Gasteiger partial charge in [0.1, 0.15) is 28.8 Å². The Bertz CT molecular complexity index is 1460. The van der Waals surface area contributed by atoms with Gasteiger partial charge in [0.25, 0.3) is 0 Å². The van der Waals surface area contributed by atoms with Crippen LogP contribution >= 0.6 is 0 Å². The van der Waals surface area contributed by atoms with Gasteiger partial charge in [-0.2, -0.15) is 13.2 Å². The number of nitrogens with zero attached hydrogens (tertiary/aromatic N) is 2. The molecule has 0 N–H and O–H groups in total. The monoisotopic (exact) mass is 534 g/mol. The van der Waals surface area contributed by atoms with Crippen molar-refractivity contribution in [2.24, 2.45) is 0 Å². The average molecular weight is 534 g/mol. The Kier molecular flexibility index (Phi) is 7.61. The van der Waals surface area contributed by atoms with E-state index in [9.17, 15) is 35.1 Å². The van der Waals surface area contributed by atoms with Gasteiger partial charge in [-0.25, -0.2) is 31.9 Å². The molecular weight excluding hydrogens is 516 g/mol. The van der Waals surface area contributed by atoms with E-state index in [2.05, 4.69) is 9.97 Å². The first-order valence-electron chi connectivity index (χ1n) is 11.2. The number of allylic oxidation sites excluding steroid dienone is 1. The van der Waals surface area contributed by atoms with Crippen molar-refractivity contribution in [2.45, 2.75) is 25.9 Å². The number of halogens is 8. The van der Waals surface area contributed by atoms with Gasteiger partial charge in [-0.15, -0.1) is 0 Å². The number of aromatic nitrogens is 2. The molecule has 0 saturated carbocycles. The van der Waals surface area contributed by atoms with Gasteiger partial charge in [-0.1, -0.05) is 36.4 Å². The van der Waals surface area contributed by atoms with Crippen LogP contribution in [0, 0.1) is 17.5 Å². The molecule has 0 aliphatic carbocycles. The number of rotatable bonds is 6. The van der Waals surface area contributed by atoms with Crippen LogP contribution in [0.5, 0.6) is 0 Å². The highest BCUT2D eigenvalue weighted by Gasteiger charge is 2.37. The van der Waals surface area contributed by atoms with Gasteiger partial charge < -0.3 is 0 Å². The first-order valence-corrected chi connectivity index (χ1v) is 11.2. The maximum atomic E-state index is 14.7. The quantitative estimate of drug-likeness (QED) is 0.231. The number of hydrogen-bond donors (Lipinski definition) is 0. The van der Waals surface area contributed by atoms with Crippen LogP contribution in [0.4, 0.5) is 35.1 Å². The van der Waals surface area contributed by atoms with Gasteiger partial charge in [0.05, 0.1) is 0 Å². The van der Waals surface area contributed by atoms with Gasteiger partial charge in [0.15, 0.2) is 11.7 Å². The van der Waals surface area contributed by atoms with Crippen molar-refractivity contribution >= 4 is 5.83 Å². The number of hydrogen-bond acceptors (Lipinski definition) is 2. The summed E-state index contributed by atoms with van der Waals surface area (Å²) in [5.74, 6) is -5.75. The molecule has 4 aromatic rings. The van der Waals surface area contributed by atoms with Crippen LogP contribution in [0.25, 0.3) is 28.3 Å². The molecule has 1 heterocycles. The van der Waals surface area contributed by atoms with E-state index in [4.69, 9.17) is 0 Å². The second-order valence-corrected chi connectivity index (χ2v) is 8.46. The van der Waals surface area contributed by atoms with Crippen molar-refractivity contribution in [3.63, 3.8) is 0 Å². The first kappa shape index (κ1) is 27.0. The Balaban J connectivity index is 1.46. The minimum absolute atomic E-state index is 0.0101. The summed E-state index contributed by atoms with van der Waals surface area (Å²) in [4.78, 5) is 8.45. The molecule has 4 rings (SSSR count). The van der Waals surface area contributed by atoms with Crippen molar-refractivity contribution < 1.29 is 35.1 Å². The summed E-state index contributed by atoms with van der Waals surface area (Å²) in [6, 6.07) is 11.4. The summed E-state index contributed by atoms with van der Waals surface area (Å²) in [5, 5.41) is 0. The van der Waals surface area contributed by atoms with Crippen molar-refractivity contribution in [3.8, 4) is 22.5 Å². The van der Waals surface area contributed by atoms with Crippen LogP contribution in [-0.2, 0) is 19.0 Å². The van der Waals surface area contributed by atoms with E-state index < -0.39 is 40.8 Å². The zero-order valence-electron chi connectivity index (χ0n) is 19.7. The third-order valence-corrected chi connectivity index (χ3v) is 5.81. The molecule has 2 nitrogen and oxygen atoms in total. The SMILES string of the molecule is C/C(F)=C(\F)c1ccc(-c2cnc(-c3ccc(CCc4cc(F)c(C(F)(F)F)c(F)c4)c(F)c3)nc2)cc1. The van der Waals surface area contributed by atoms with Crippen LogP contribution in [0.1, 0.15) is 29.2 Å². The van der Waals surface area contributed by atoms with E-state index in [1.807, 2.05) is 0 Å². The summed E-state index contributed by atoms with van der Waals surface area (Å²) in [6.07, 6.45) is -2.28. The lowest BCUT2D eigenvalue weighted by Crippen LogP contribution is -2.12. The lowest BCUT2D eigenvalue weighted by atomic mass is 10.0. The molecule has 196 valence electrons. The van der Waals surface area contributed by atoms with E-state index in [1.54, 1.807) is 18.2 Å². The molecule has 38 heavy (non-hydrogen) atoms. The van der Waals surface area contributed by atoms with Crippen molar-refractivity contribution in [2.75, 3.05) is 0 Å². The lowest BCUT2D eigenvalue weighted by Gasteiger charge is -2.11. The predicted molar refractivity (Wildman–Crippen MR) is 126 cm³/mol. The molecule has 0 aliphatic heterocycles. The maximum Gasteiger partial charge on any atom is 0.422 e. The second-order valence-electron chi connectivity index (χ2n) is 8.46. The Morgan fingerprint density at radius 2 is 1.29 bits per heavy atom. The highest BCUT2D eigenvalue weighted by molar-refractivity contribution is 5.68. The normalized spacial score (nSPS) is 12.4. The van der Waals surface area contributed by atoms with Crippen molar-refractivity contribution in [1.82, 2.24) is 9.97 Å². The molecule has 0 amide bonds.